The molecule has 1 amide bonds. The topological polar surface area (TPSA) is 46.3 Å². The number of likely N-dealkylation sites (tertiary alicyclic amines) is 1. The minimum Gasteiger partial charge on any atom is -0.393 e. The van der Waals surface area contributed by atoms with E-state index in [0.717, 1.165) is 19.5 Å². The Morgan fingerprint density at radius 2 is 2.19 bits per heavy atom. The van der Waals surface area contributed by atoms with Gasteiger partial charge >= 0.3 is 0 Å². The third-order valence-electron chi connectivity index (χ3n) is 3.26. The van der Waals surface area contributed by atoms with Gasteiger partial charge in [-0.25, -0.2) is 0 Å². The summed E-state index contributed by atoms with van der Waals surface area (Å²) in [6.07, 6.45) is 2.96. The van der Waals surface area contributed by atoms with Crippen LogP contribution < -0.4 is 5.73 Å². The van der Waals surface area contributed by atoms with Crippen molar-refractivity contribution in [1.29, 1.82) is 0 Å². The minimum atomic E-state index is -0.274. The predicted octanol–water partition coefficient (Wildman–Crippen LogP) is 1.95. The second-order valence-corrected chi connectivity index (χ2v) is 5.86. The monoisotopic (exact) mass is 242 g/mol. The van der Waals surface area contributed by atoms with E-state index in [1.807, 2.05) is 11.8 Å². The molecular weight excluding hydrogens is 220 g/mol. The predicted molar refractivity (Wildman–Crippen MR) is 70.2 cm³/mol. The van der Waals surface area contributed by atoms with Crippen molar-refractivity contribution in [2.75, 3.05) is 13.1 Å². The molecule has 92 valence electrons. The number of amides is 1. The highest BCUT2D eigenvalue weighted by Crippen LogP contribution is 2.29. The van der Waals surface area contributed by atoms with Crippen molar-refractivity contribution in [2.24, 2.45) is 17.1 Å². The molecule has 16 heavy (non-hydrogen) atoms. The molecular formula is C12H22N2OS. The van der Waals surface area contributed by atoms with Gasteiger partial charge in [-0.1, -0.05) is 33.0 Å². The van der Waals surface area contributed by atoms with Crippen molar-refractivity contribution < 1.29 is 4.79 Å². The van der Waals surface area contributed by atoms with Crippen LogP contribution in [0.15, 0.2) is 0 Å². The quantitative estimate of drug-likeness (QED) is 0.769. The Hall–Kier alpha value is -0.640. The molecule has 0 aromatic carbocycles. The van der Waals surface area contributed by atoms with Gasteiger partial charge in [-0.3, -0.25) is 4.79 Å². The third-order valence-corrected chi connectivity index (χ3v) is 3.55. The molecule has 0 aromatic heterocycles. The maximum Gasteiger partial charge on any atom is 0.232 e. The van der Waals surface area contributed by atoms with Crippen molar-refractivity contribution in [2.45, 2.75) is 40.0 Å². The number of carbonyl (C=O) groups excluding carboxylic acids is 1. The van der Waals surface area contributed by atoms with Crippen molar-refractivity contribution in [3.63, 3.8) is 0 Å². The number of hydrogen-bond donors (Lipinski definition) is 1. The van der Waals surface area contributed by atoms with Gasteiger partial charge in [-0.2, -0.15) is 0 Å². The van der Waals surface area contributed by atoms with Crippen LogP contribution in [-0.4, -0.2) is 28.9 Å². The standard InChI is InChI=1S/C12H22N2OS/c1-4-9(10(13)16)11(15)14-7-5-6-12(2,3)8-14/h9H,4-8H2,1-3H3,(H2,13,16). The van der Waals surface area contributed by atoms with Crippen LogP contribution in [0.1, 0.15) is 40.0 Å². The maximum absolute atomic E-state index is 12.2. The van der Waals surface area contributed by atoms with E-state index in [1.165, 1.54) is 6.42 Å². The van der Waals surface area contributed by atoms with Gasteiger partial charge in [0, 0.05) is 13.1 Å². The highest BCUT2D eigenvalue weighted by atomic mass is 32.1. The molecule has 1 aliphatic rings. The summed E-state index contributed by atoms with van der Waals surface area (Å²) in [4.78, 5) is 14.5. The molecule has 0 saturated carbocycles. The van der Waals surface area contributed by atoms with E-state index in [9.17, 15) is 4.79 Å². The van der Waals surface area contributed by atoms with Gasteiger partial charge in [0.25, 0.3) is 0 Å². The number of carbonyl (C=O) groups is 1. The Kier molecular flexibility index (Phi) is 4.30. The summed E-state index contributed by atoms with van der Waals surface area (Å²) >= 11 is 4.95. The van der Waals surface area contributed by atoms with Gasteiger partial charge in [0.1, 0.15) is 0 Å². The molecule has 0 bridgehead atoms. The fourth-order valence-electron chi connectivity index (χ4n) is 2.33. The van der Waals surface area contributed by atoms with E-state index >= 15 is 0 Å². The number of hydrogen-bond acceptors (Lipinski definition) is 2. The van der Waals surface area contributed by atoms with E-state index in [4.69, 9.17) is 18.0 Å². The van der Waals surface area contributed by atoms with Crippen LogP contribution in [0.25, 0.3) is 0 Å². The number of nitrogens with zero attached hydrogens (tertiary/aromatic N) is 1. The van der Waals surface area contributed by atoms with E-state index in [-0.39, 0.29) is 17.2 Å². The first-order chi connectivity index (χ1) is 7.37. The number of thiocarbonyl (C=S) groups is 1. The summed E-state index contributed by atoms with van der Waals surface area (Å²) in [6, 6.07) is 0. The summed E-state index contributed by atoms with van der Waals surface area (Å²) in [7, 11) is 0. The second kappa shape index (κ2) is 5.13. The zero-order valence-corrected chi connectivity index (χ0v) is 11.3. The van der Waals surface area contributed by atoms with Crippen molar-refractivity contribution >= 4 is 23.1 Å². The van der Waals surface area contributed by atoms with Crippen LogP contribution in [0.4, 0.5) is 0 Å². The summed E-state index contributed by atoms with van der Waals surface area (Å²) in [6.45, 7) is 8.03. The first-order valence-electron chi connectivity index (χ1n) is 5.95. The second-order valence-electron chi connectivity index (χ2n) is 5.39. The van der Waals surface area contributed by atoms with Crippen molar-refractivity contribution in [3.8, 4) is 0 Å². The molecule has 3 nitrogen and oxygen atoms in total. The normalized spacial score (nSPS) is 21.6. The maximum atomic E-state index is 12.2. The number of piperidine rings is 1. The van der Waals surface area contributed by atoms with Crippen LogP contribution in [-0.2, 0) is 4.79 Å². The van der Waals surface area contributed by atoms with Gasteiger partial charge in [-0.05, 0) is 24.7 Å². The summed E-state index contributed by atoms with van der Waals surface area (Å²) < 4.78 is 0. The Morgan fingerprint density at radius 3 is 2.62 bits per heavy atom. The zero-order chi connectivity index (χ0) is 12.3. The molecule has 1 heterocycles. The fourth-order valence-corrected chi connectivity index (χ4v) is 2.60. The summed E-state index contributed by atoms with van der Waals surface area (Å²) in [5.74, 6) is -0.160. The average Bonchev–Trinajstić information content (AvgIpc) is 2.16. The minimum absolute atomic E-state index is 0.114. The Morgan fingerprint density at radius 1 is 1.56 bits per heavy atom. The third kappa shape index (κ3) is 3.17. The van der Waals surface area contributed by atoms with Crippen LogP contribution in [0.5, 0.6) is 0 Å². The lowest BCUT2D eigenvalue weighted by Gasteiger charge is -2.39. The molecule has 1 saturated heterocycles. The molecule has 1 atom stereocenters. The molecule has 4 heteroatoms. The lowest BCUT2D eigenvalue weighted by Crippen LogP contribution is -2.48. The lowest BCUT2D eigenvalue weighted by atomic mass is 9.83. The molecule has 2 N–H and O–H groups in total. The summed E-state index contributed by atoms with van der Waals surface area (Å²) in [5.41, 5.74) is 5.83. The van der Waals surface area contributed by atoms with E-state index in [0.29, 0.717) is 11.4 Å². The van der Waals surface area contributed by atoms with Crippen LogP contribution in [0, 0.1) is 11.3 Å². The van der Waals surface area contributed by atoms with Crippen molar-refractivity contribution in [1.82, 2.24) is 4.90 Å². The first-order valence-corrected chi connectivity index (χ1v) is 6.36. The van der Waals surface area contributed by atoms with Gasteiger partial charge < -0.3 is 10.6 Å². The van der Waals surface area contributed by atoms with Gasteiger partial charge in [0.2, 0.25) is 5.91 Å². The molecule has 1 rings (SSSR count). The molecule has 0 radical (unpaired) electrons. The molecule has 0 aliphatic carbocycles. The fraction of sp³-hybridized carbons (Fsp3) is 0.833. The van der Waals surface area contributed by atoms with E-state index in [1.54, 1.807) is 0 Å². The van der Waals surface area contributed by atoms with Crippen LogP contribution in [0.2, 0.25) is 0 Å². The smallest absolute Gasteiger partial charge is 0.232 e. The van der Waals surface area contributed by atoms with Gasteiger partial charge in [-0.15, -0.1) is 0 Å². The first kappa shape index (κ1) is 13.4. The lowest BCUT2D eigenvalue weighted by molar-refractivity contribution is -0.136. The molecule has 1 aliphatic heterocycles. The average molecular weight is 242 g/mol. The number of rotatable bonds is 3. The highest BCUT2D eigenvalue weighted by molar-refractivity contribution is 7.80. The molecule has 0 aromatic rings. The van der Waals surface area contributed by atoms with Crippen LogP contribution >= 0.6 is 12.2 Å². The van der Waals surface area contributed by atoms with Gasteiger partial charge in [0.15, 0.2) is 0 Å². The largest absolute Gasteiger partial charge is 0.393 e. The zero-order valence-electron chi connectivity index (χ0n) is 10.5. The van der Waals surface area contributed by atoms with E-state index < -0.39 is 0 Å². The van der Waals surface area contributed by atoms with E-state index in [2.05, 4.69) is 13.8 Å². The Balaban J connectivity index is 2.69. The van der Waals surface area contributed by atoms with Crippen LogP contribution in [0.3, 0.4) is 0 Å². The Labute approximate surface area is 103 Å². The van der Waals surface area contributed by atoms with Crippen molar-refractivity contribution in [3.05, 3.63) is 0 Å². The van der Waals surface area contributed by atoms with Gasteiger partial charge in [0.05, 0.1) is 10.9 Å². The highest BCUT2D eigenvalue weighted by Gasteiger charge is 2.32. The molecule has 1 unspecified atom stereocenters. The SMILES string of the molecule is CCC(C(=O)N1CCCC(C)(C)C1)C(N)=S. The number of nitrogens with two attached hydrogens (primary N) is 1. The molecule has 0 spiro atoms. The molecule has 1 fully saturated rings. The summed E-state index contributed by atoms with van der Waals surface area (Å²) in [5, 5.41) is 0. The Bertz CT molecular complexity index is 289.